The largest absolute Gasteiger partial charge is 0.465 e. The van der Waals surface area contributed by atoms with Crippen LogP contribution >= 0.6 is 0 Å². The van der Waals surface area contributed by atoms with Gasteiger partial charge in [0, 0.05) is 19.5 Å². The predicted molar refractivity (Wildman–Crippen MR) is 76.1 cm³/mol. The second kappa shape index (κ2) is 7.20. The molecule has 0 N–H and O–H groups in total. The lowest BCUT2D eigenvalue weighted by Crippen LogP contribution is -2.26. The fourth-order valence-corrected chi connectivity index (χ4v) is 2.52. The summed E-state index contributed by atoms with van der Waals surface area (Å²) in [5.74, 6) is -0.922. The smallest absolute Gasteiger partial charge is 0.316 e. The van der Waals surface area contributed by atoms with E-state index in [1.807, 2.05) is 18.2 Å². The van der Waals surface area contributed by atoms with Gasteiger partial charge in [0.15, 0.2) is 0 Å². The van der Waals surface area contributed by atoms with Crippen molar-refractivity contribution in [2.45, 2.75) is 26.3 Å². The van der Waals surface area contributed by atoms with E-state index < -0.39 is 5.92 Å². The molecule has 1 aliphatic rings. The maximum atomic E-state index is 12.0. The molecule has 0 bridgehead atoms. The van der Waals surface area contributed by atoms with Crippen LogP contribution in [-0.2, 0) is 20.9 Å². The number of rotatable bonds is 4. The van der Waals surface area contributed by atoms with Gasteiger partial charge in [-0.15, -0.1) is 0 Å². The van der Waals surface area contributed by atoms with Crippen molar-refractivity contribution in [2.75, 3.05) is 19.7 Å². The molecule has 0 radical (unpaired) electrons. The van der Waals surface area contributed by atoms with Gasteiger partial charge in [0.25, 0.3) is 0 Å². The summed E-state index contributed by atoms with van der Waals surface area (Å²) in [7, 11) is 0. The Balaban J connectivity index is 1.94. The summed E-state index contributed by atoms with van der Waals surface area (Å²) in [6.07, 6.45) is 0.987. The maximum absolute atomic E-state index is 12.0. The number of carbonyl (C=O) groups excluding carboxylic acids is 2. The first-order valence-corrected chi connectivity index (χ1v) is 7.16. The maximum Gasteiger partial charge on any atom is 0.316 e. The fraction of sp³-hybridized carbons (Fsp3) is 0.500. The lowest BCUT2D eigenvalue weighted by Gasteiger charge is -2.19. The zero-order valence-corrected chi connectivity index (χ0v) is 11.9. The fourth-order valence-electron chi connectivity index (χ4n) is 2.52. The van der Waals surface area contributed by atoms with Crippen molar-refractivity contribution < 1.29 is 14.3 Å². The van der Waals surface area contributed by atoms with Crippen LogP contribution in [0.25, 0.3) is 0 Å². The van der Waals surface area contributed by atoms with Gasteiger partial charge in [-0.25, -0.2) is 0 Å². The first-order valence-electron chi connectivity index (χ1n) is 7.16. The summed E-state index contributed by atoms with van der Waals surface area (Å²) in [4.78, 5) is 26.0. The molecular weight excluding hydrogens is 254 g/mol. The number of esters is 1. The third-order valence-electron chi connectivity index (χ3n) is 3.62. The van der Waals surface area contributed by atoms with Crippen molar-refractivity contribution in [1.82, 2.24) is 4.90 Å². The van der Waals surface area contributed by atoms with Crippen LogP contribution in [0.4, 0.5) is 0 Å². The second-order valence-corrected chi connectivity index (χ2v) is 5.07. The molecular formula is C16H21NO3. The molecule has 2 rings (SSSR count). The number of Topliss-reactive ketones (excluding diaryl/α,β-unsaturated/α-hetero) is 1. The molecule has 0 amide bonds. The Morgan fingerprint density at radius 3 is 2.75 bits per heavy atom. The monoisotopic (exact) mass is 275 g/mol. The van der Waals surface area contributed by atoms with E-state index in [4.69, 9.17) is 4.74 Å². The van der Waals surface area contributed by atoms with Crippen LogP contribution in [0.5, 0.6) is 0 Å². The van der Waals surface area contributed by atoms with Crippen LogP contribution in [-0.4, -0.2) is 36.3 Å². The van der Waals surface area contributed by atoms with Crippen LogP contribution in [0.1, 0.15) is 25.3 Å². The number of hydrogen-bond acceptors (Lipinski definition) is 4. The molecule has 4 nitrogen and oxygen atoms in total. The van der Waals surface area contributed by atoms with Gasteiger partial charge >= 0.3 is 5.97 Å². The predicted octanol–water partition coefficient (Wildman–Crippen LogP) is 2.03. The summed E-state index contributed by atoms with van der Waals surface area (Å²) < 4.78 is 4.98. The minimum atomic E-state index is -0.573. The molecule has 1 fully saturated rings. The average molecular weight is 275 g/mol. The number of hydrogen-bond donors (Lipinski definition) is 0. The highest BCUT2D eigenvalue weighted by molar-refractivity contribution is 5.99. The molecule has 4 heteroatoms. The minimum Gasteiger partial charge on any atom is -0.465 e. The van der Waals surface area contributed by atoms with Gasteiger partial charge in [0.1, 0.15) is 11.7 Å². The molecule has 0 aromatic heterocycles. The van der Waals surface area contributed by atoms with E-state index in [9.17, 15) is 9.59 Å². The normalized spacial score (nSPS) is 20.4. The standard InChI is InChI=1S/C16H21NO3/c1-2-20-16(19)14-8-10-17(11-9-15(14)18)12-13-6-4-3-5-7-13/h3-7,14H,2,8-12H2,1H3/t14-/m0/s1. The number of nitrogens with zero attached hydrogens (tertiary/aromatic N) is 1. The molecule has 1 atom stereocenters. The minimum absolute atomic E-state index is 0.0130. The number of ketones is 1. The lowest BCUT2D eigenvalue weighted by molar-refractivity contribution is -0.151. The summed E-state index contributed by atoms with van der Waals surface area (Å²) in [6.45, 7) is 4.38. The van der Waals surface area contributed by atoms with Gasteiger partial charge in [0.2, 0.25) is 0 Å². The number of likely N-dealkylation sites (tertiary alicyclic amines) is 1. The molecule has 108 valence electrons. The third-order valence-corrected chi connectivity index (χ3v) is 3.62. The molecule has 0 unspecified atom stereocenters. The van der Waals surface area contributed by atoms with Crippen LogP contribution in [0.15, 0.2) is 30.3 Å². The van der Waals surface area contributed by atoms with Gasteiger partial charge in [-0.2, -0.15) is 0 Å². The zero-order chi connectivity index (χ0) is 14.4. The summed E-state index contributed by atoms with van der Waals surface area (Å²) in [5.41, 5.74) is 1.23. The Bertz CT molecular complexity index is 458. The quantitative estimate of drug-likeness (QED) is 0.623. The number of benzene rings is 1. The second-order valence-electron chi connectivity index (χ2n) is 5.07. The van der Waals surface area contributed by atoms with E-state index in [1.165, 1.54) is 5.56 Å². The first-order chi connectivity index (χ1) is 9.70. The van der Waals surface area contributed by atoms with Crippen LogP contribution in [0, 0.1) is 5.92 Å². The molecule has 1 aliphatic heterocycles. The molecule has 1 heterocycles. The lowest BCUT2D eigenvalue weighted by atomic mass is 10.00. The Morgan fingerprint density at radius 2 is 2.05 bits per heavy atom. The van der Waals surface area contributed by atoms with Crippen molar-refractivity contribution in [3.63, 3.8) is 0 Å². The Labute approximate surface area is 119 Å². The number of ether oxygens (including phenoxy) is 1. The average Bonchev–Trinajstić information content (AvgIpc) is 2.63. The van der Waals surface area contributed by atoms with Crippen LogP contribution in [0.3, 0.4) is 0 Å². The van der Waals surface area contributed by atoms with Gasteiger partial charge < -0.3 is 4.74 Å². The van der Waals surface area contributed by atoms with Crippen molar-refractivity contribution in [2.24, 2.45) is 5.92 Å². The Morgan fingerprint density at radius 1 is 1.30 bits per heavy atom. The van der Waals surface area contributed by atoms with Crippen molar-refractivity contribution in [3.8, 4) is 0 Å². The topological polar surface area (TPSA) is 46.6 Å². The summed E-state index contributed by atoms with van der Waals surface area (Å²) >= 11 is 0. The van der Waals surface area contributed by atoms with Crippen molar-refractivity contribution in [1.29, 1.82) is 0 Å². The highest BCUT2D eigenvalue weighted by Crippen LogP contribution is 2.17. The van der Waals surface area contributed by atoms with Crippen molar-refractivity contribution >= 4 is 11.8 Å². The van der Waals surface area contributed by atoms with Gasteiger partial charge in [0.05, 0.1) is 6.61 Å². The van der Waals surface area contributed by atoms with E-state index in [0.29, 0.717) is 26.0 Å². The first kappa shape index (κ1) is 14.7. The molecule has 20 heavy (non-hydrogen) atoms. The number of carbonyl (C=O) groups is 2. The van der Waals surface area contributed by atoms with Gasteiger partial charge in [-0.1, -0.05) is 30.3 Å². The molecule has 0 aliphatic carbocycles. The van der Waals surface area contributed by atoms with Crippen LogP contribution in [0.2, 0.25) is 0 Å². The summed E-state index contributed by atoms with van der Waals surface area (Å²) in [5, 5.41) is 0. The Hall–Kier alpha value is -1.68. The third kappa shape index (κ3) is 3.90. The highest BCUT2D eigenvalue weighted by Gasteiger charge is 2.30. The molecule has 0 saturated carbocycles. The SMILES string of the molecule is CCOC(=O)[C@H]1CCN(Cc2ccccc2)CCC1=O. The van der Waals surface area contributed by atoms with E-state index >= 15 is 0 Å². The van der Waals surface area contributed by atoms with E-state index in [-0.39, 0.29) is 11.8 Å². The van der Waals surface area contributed by atoms with Gasteiger partial charge in [-0.05, 0) is 25.5 Å². The highest BCUT2D eigenvalue weighted by atomic mass is 16.5. The summed E-state index contributed by atoms with van der Waals surface area (Å²) in [6, 6.07) is 10.2. The molecule has 1 aromatic rings. The van der Waals surface area contributed by atoms with E-state index in [0.717, 1.165) is 13.1 Å². The van der Waals surface area contributed by atoms with E-state index in [1.54, 1.807) is 6.92 Å². The molecule has 0 spiro atoms. The Kier molecular flexibility index (Phi) is 5.30. The molecule has 1 aromatic carbocycles. The van der Waals surface area contributed by atoms with E-state index in [2.05, 4.69) is 17.0 Å². The van der Waals surface area contributed by atoms with Gasteiger partial charge in [-0.3, -0.25) is 14.5 Å². The zero-order valence-electron chi connectivity index (χ0n) is 11.9. The van der Waals surface area contributed by atoms with Crippen molar-refractivity contribution in [3.05, 3.63) is 35.9 Å². The van der Waals surface area contributed by atoms with Crippen LogP contribution < -0.4 is 0 Å². The molecule has 1 saturated heterocycles.